The third-order valence-electron chi connectivity index (χ3n) is 5.92. The highest BCUT2D eigenvalue weighted by molar-refractivity contribution is 9.10. The zero-order valence-electron chi connectivity index (χ0n) is 19.0. The van der Waals surface area contributed by atoms with E-state index in [-0.39, 0.29) is 18.1 Å². The molecule has 176 valence electrons. The fraction of sp³-hybridized carbons (Fsp3) is 0.185. The van der Waals surface area contributed by atoms with Crippen LogP contribution in [0.2, 0.25) is 0 Å². The monoisotopic (exact) mass is 531 g/mol. The van der Waals surface area contributed by atoms with Crippen molar-refractivity contribution in [3.63, 3.8) is 0 Å². The number of benzene rings is 2. The smallest absolute Gasteiger partial charge is 0.380 e. The van der Waals surface area contributed by atoms with E-state index in [4.69, 9.17) is 9.15 Å². The third kappa shape index (κ3) is 4.74. The van der Waals surface area contributed by atoms with E-state index in [2.05, 4.69) is 31.4 Å². The maximum absolute atomic E-state index is 13.1. The number of hydrogen-bond donors (Lipinski definition) is 1. The van der Waals surface area contributed by atoms with E-state index in [1.54, 1.807) is 12.3 Å². The molecule has 0 saturated heterocycles. The Bertz CT molecular complexity index is 1460. The molecule has 0 spiro atoms. The van der Waals surface area contributed by atoms with Crippen LogP contribution in [0.5, 0.6) is 5.75 Å². The highest BCUT2D eigenvalue weighted by Crippen LogP contribution is 2.33. The van der Waals surface area contributed by atoms with E-state index in [0.717, 1.165) is 27.4 Å². The summed E-state index contributed by atoms with van der Waals surface area (Å²) in [5, 5.41) is 5.22. The number of aryl methyl sites for hydroxylation is 1. The molecule has 0 fully saturated rings. The average molecular weight is 532 g/mol. The number of aromatic nitrogens is 1. The normalized spacial score (nSPS) is 14.1. The van der Waals surface area contributed by atoms with Gasteiger partial charge in [-0.2, -0.15) is 5.10 Å². The molecule has 2 aromatic heterocycles. The van der Waals surface area contributed by atoms with Crippen molar-refractivity contribution >= 4 is 44.4 Å². The number of ether oxygens (including phenoxy) is 1. The largest absolute Gasteiger partial charge is 0.453 e. The fourth-order valence-corrected chi connectivity index (χ4v) is 4.72. The summed E-state index contributed by atoms with van der Waals surface area (Å²) in [6.45, 7) is 1.81. The van der Waals surface area contributed by atoms with Crippen LogP contribution in [0, 0.1) is 6.92 Å². The van der Waals surface area contributed by atoms with E-state index in [9.17, 15) is 9.59 Å². The Morgan fingerprint density at radius 2 is 1.94 bits per heavy atom. The SMILES string of the molecule is Cc1c(C(=O)Oc2ccc(Br)c3cccnc23)oc2c1/C(=N/NC(=O)Cc1ccccc1)CCC2. The molecule has 35 heavy (non-hydrogen) atoms. The first-order chi connectivity index (χ1) is 17.0. The minimum Gasteiger partial charge on any atom is -0.453 e. The summed E-state index contributed by atoms with van der Waals surface area (Å²) in [5.41, 5.74) is 6.25. The highest BCUT2D eigenvalue weighted by Gasteiger charge is 2.29. The fourth-order valence-electron chi connectivity index (χ4n) is 4.27. The zero-order valence-corrected chi connectivity index (χ0v) is 20.6. The first-order valence-electron chi connectivity index (χ1n) is 11.3. The number of rotatable bonds is 5. The molecule has 1 aliphatic rings. The number of halogens is 1. The van der Waals surface area contributed by atoms with Gasteiger partial charge in [0.2, 0.25) is 11.7 Å². The Morgan fingerprint density at radius 1 is 1.11 bits per heavy atom. The summed E-state index contributed by atoms with van der Waals surface area (Å²) < 4.78 is 12.5. The van der Waals surface area contributed by atoms with Gasteiger partial charge in [-0.05, 0) is 43.5 Å². The molecule has 4 aromatic rings. The van der Waals surface area contributed by atoms with E-state index in [0.29, 0.717) is 41.1 Å². The van der Waals surface area contributed by atoms with Gasteiger partial charge in [0.25, 0.3) is 0 Å². The maximum Gasteiger partial charge on any atom is 0.380 e. The lowest BCUT2D eigenvalue weighted by Crippen LogP contribution is -2.23. The Morgan fingerprint density at radius 3 is 2.77 bits per heavy atom. The third-order valence-corrected chi connectivity index (χ3v) is 6.61. The second-order valence-electron chi connectivity index (χ2n) is 8.30. The van der Waals surface area contributed by atoms with Gasteiger partial charge in [-0.1, -0.05) is 52.3 Å². The van der Waals surface area contributed by atoms with Crippen LogP contribution < -0.4 is 10.2 Å². The minimum atomic E-state index is -0.598. The molecule has 0 unspecified atom stereocenters. The van der Waals surface area contributed by atoms with Gasteiger partial charge in [-0.25, -0.2) is 10.2 Å². The van der Waals surface area contributed by atoms with Crippen molar-refractivity contribution in [3.8, 4) is 5.75 Å². The number of carbonyl (C=O) groups excluding carboxylic acids is 2. The number of hydrazone groups is 1. The average Bonchev–Trinajstić information content (AvgIpc) is 3.22. The second kappa shape index (κ2) is 9.84. The Balaban J connectivity index is 1.38. The molecule has 7 nitrogen and oxygen atoms in total. The Labute approximate surface area is 210 Å². The van der Waals surface area contributed by atoms with E-state index in [1.807, 2.05) is 55.5 Å². The molecule has 2 heterocycles. The van der Waals surface area contributed by atoms with Crippen LogP contribution in [0.25, 0.3) is 10.9 Å². The van der Waals surface area contributed by atoms with Gasteiger partial charge in [0.05, 0.1) is 12.1 Å². The van der Waals surface area contributed by atoms with E-state index in [1.165, 1.54) is 0 Å². The number of esters is 1. The quantitative estimate of drug-likeness (QED) is 0.208. The van der Waals surface area contributed by atoms with Crippen molar-refractivity contribution in [2.75, 3.05) is 0 Å². The summed E-state index contributed by atoms with van der Waals surface area (Å²) >= 11 is 3.50. The van der Waals surface area contributed by atoms with Gasteiger partial charge in [0, 0.05) is 33.6 Å². The lowest BCUT2D eigenvalue weighted by Gasteiger charge is -2.13. The zero-order chi connectivity index (χ0) is 24.4. The van der Waals surface area contributed by atoms with Crippen LogP contribution >= 0.6 is 15.9 Å². The van der Waals surface area contributed by atoms with E-state index >= 15 is 0 Å². The van der Waals surface area contributed by atoms with Gasteiger partial charge >= 0.3 is 5.97 Å². The van der Waals surface area contributed by atoms with Gasteiger partial charge in [0.1, 0.15) is 11.3 Å². The van der Waals surface area contributed by atoms with Crippen LogP contribution in [-0.4, -0.2) is 22.6 Å². The molecule has 0 radical (unpaired) electrons. The Kier molecular flexibility index (Phi) is 6.46. The van der Waals surface area contributed by atoms with Gasteiger partial charge in [-0.3, -0.25) is 9.78 Å². The van der Waals surface area contributed by atoms with Crippen molar-refractivity contribution in [1.29, 1.82) is 0 Å². The molecule has 1 N–H and O–H groups in total. The molecule has 0 saturated carbocycles. The molecule has 2 aromatic carbocycles. The van der Waals surface area contributed by atoms with Gasteiger partial charge < -0.3 is 9.15 Å². The summed E-state index contributed by atoms with van der Waals surface area (Å²) in [6, 6.07) is 16.7. The standard InChI is InChI=1S/C27H22BrN3O4/c1-16-24-20(30-31-23(32)15-17-7-3-2-4-8-17)10-5-11-21(24)34-26(16)27(33)35-22-13-12-19(28)18-9-6-14-29-25(18)22/h2-4,6-9,12-14H,5,10-11,15H2,1H3,(H,31,32)/b30-20+. The molecule has 5 rings (SSSR count). The summed E-state index contributed by atoms with van der Waals surface area (Å²) in [4.78, 5) is 29.8. The second-order valence-corrected chi connectivity index (χ2v) is 9.15. The predicted molar refractivity (Wildman–Crippen MR) is 136 cm³/mol. The number of fused-ring (bicyclic) bond motifs is 2. The number of pyridine rings is 1. The molecular formula is C27H22BrN3O4. The molecular weight excluding hydrogens is 510 g/mol. The van der Waals surface area contributed by atoms with Crippen LogP contribution in [0.4, 0.5) is 0 Å². The molecule has 1 aliphatic carbocycles. The lowest BCUT2D eigenvalue weighted by atomic mass is 9.93. The van der Waals surface area contributed by atoms with Crippen molar-refractivity contribution in [2.24, 2.45) is 5.10 Å². The number of amides is 1. The molecule has 8 heteroatoms. The maximum atomic E-state index is 13.1. The van der Waals surface area contributed by atoms with Gasteiger partial charge in [-0.15, -0.1) is 0 Å². The van der Waals surface area contributed by atoms with Crippen molar-refractivity contribution in [3.05, 3.63) is 93.5 Å². The van der Waals surface area contributed by atoms with Crippen LogP contribution in [-0.2, 0) is 17.6 Å². The van der Waals surface area contributed by atoms with Crippen LogP contribution in [0.15, 0.2) is 74.8 Å². The molecule has 0 bridgehead atoms. The van der Waals surface area contributed by atoms with Crippen LogP contribution in [0.3, 0.4) is 0 Å². The predicted octanol–water partition coefficient (Wildman–Crippen LogP) is 5.52. The summed E-state index contributed by atoms with van der Waals surface area (Å²) in [7, 11) is 0. The highest BCUT2D eigenvalue weighted by atomic mass is 79.9. The molecule has 0 atom stereocenters. The number of hydrogen-bond acceptors (Lipinski definition) is 6. The van der Waals surface area contributed by atoms with Gasteiger partial charge in [0.15, 0.2) is 5.75 Å². The first kappa shape index (κ1) is 23.0. The topological polar surface area (TPSA) is 93.8 Å². The van der Waals surface area contributed by atoms with E-state index < -0.39 is 5.97 Å². The number of carbonyl (C=O) groups is 2. The van der Waals surface area contributed by atoms with Crippen LogP contribution in [0.1, 0.15) is 45.8 Å². The Hall–Kier alpha value is -3.78. The summed E-state index contributed by atoms with van der Waals surface area (Å²) in [6.07, 6.45) is 4.06. The minimum absolute atomic E-state index is 0.132. The molecule has 1 amide bonds. The summed E-state index contributed by atoms with van der Waals surface area (Å²) in [5.74, 6) is 0.359. The van der Waals surface area contributed by atoms with Crippen molar-refractivity contribution in [1.82, 2.24) is 10.4 Å². The number of furan rings is 1. The lowest BCUT2D eigenvalue weighted by molar-refractivity contribution is -0.120. The molecule has 0 aliphatic heterocycles. The first-order valence-corrected chi connectivity index (χ1v) is 12.1. The number of nitrogens with one attached hydrogen (secondary N) is 1. The van der Waals surface area contributed by atoms with Crippen molar-refractivity contribution < 1.29 is 18.7 Å². The number of nitrogens with zero attached hydrogens (tertiary/aromatic N) is 2. The van der Waals surface area contributed by atoms with Crippen molar-refractivity contribution in [2.45, 2.75) is 32.6 Å².